The summed E-state index contributed by atoms with van der Waals surface area (Å²) in [7, 11) is -0.0576. The van der Waals surface area contributed by atoms with E-state index in [2.05, 4.69) is 5.32 Å². The number of amides is 1. The monoisotopic (exact) mass is 481 g/mol. The second-order valence-corrected chi connectivity index (χ2v) is 9.53. The molecule has 0 aromatic heterocycles. The molecular weight excluding hydrogens is 454 g/mol. The highest BCUT2D eigenvalue weighted by Crippen LogP contribution is 2.26. The Hall–Kier alpha value is -2.62. The van der Waals surface area contributed by atoms with E-state index in [1.54, 1.807) is 26.0 Å². The van der Waals surface area contributed by atoms with Crippen LogP contribution in [0.3, 0.4) is 0 Å². The van der Waals surface area contributed by atoms with Gasteiger partial charge in [0.05, 0.1) is 10.6 Å². The van der Waals surface area contributed by atoms with Crippen LogP contribution in [0.1, 0.15) is 31.1 Å². The van der Waals surface area contributed by atoms with Gasteiger partial charge in [-0.1, -0.05) is 25.4 Å². The van der Waals surface area contributed by atoms with Crippen molar-refractivity contribution in [3.8, 4) is 0 Å². The summed E-state index contributed by atoms with van der Waals surface area (Å²) in [6.45, 7) is 5.38. The molecule has 8 nitrogen and oxygen atoms in total. The molecule has 0 aliphatic heterocycles. The number of hydrogen-bond donors (Lipinski definition) is 1. The molecule has 174 valence electrons. The number of ether oxygens (including phenoxy) is 1. The third-order valence-corrected chi connectivity index (χ3v) is 7.33. The van der Waals surface area contributed by atoms with Crippen LogP contribution >= 0.6 is 11.6 Å². The molecule has 0 spiro atoms. The van der Waals surface area contributed by atoms with Crippen molar-refractivity contribution in [1.82, 2.24) is 4.31 Å². The van der Waals surface area contributed by atoms with Crippen LogP contribution in [0.4, 0.5) is 11.4 Å². The first-order valence-electron chi connectivity index (χ1n) is 10.1. The van der Waals surface area contributed by atoms with Crippen molar-refractivity contribution < 1.29 is 22.7 Å². The second-order valence-electron chi connectivity index (χ2n) is 7.21. The lowest BCUT2D eigenvalue weighted by Gasteiger charge is -2.20. The van der Waals surface area contributed by atoms with E-state index in [0.29, 0.717) is 5.69 Å². The number of anilines is 2. The molecule has 0 saturated heterocycles. The normalized spacial score (nSPS) is 12.3. The van der Waals surface area contributed by atoms with Gasteiger partial charge in [0.15, 0.2) is 6.10 Å². The lowest BCUT2D eigenvalue weighted by atomic mass is 10.2. The number of sulfonamides is 1. The van der Waals surface area contributed by atoms with Gasteiger partial charge in [0.2, 0.25) is 10.0 Å². The first kappa shape index (κ1) is 25.6. The molecule has 1 atom stereocenters. The van der Waals surface area contributed by atoms with E-state index in [0.717, 1.165) is 5.69 Å². The molecule has 0 saturated carbocycles. The molecule has 0 radical (unpaired) electrons. The molecule has 1 unspecified atom stereocenters. The molecule has 10 heteroatoms. The zero-order valence-corrected chi connectivity index (χ0v) is 20.3. The van der Waals surface area contributed by atoms with Crippen molar-refractivity contribution >= 4 is 44.9 Å². The number of benzene rings is 2. The first-order chi connectivity index (χ1) is 15.0. The predicted octanol–water partition coefficient (Wildman–Crippen LogP) is 3.62. The molecule has 0 aliphatic rings. The van der Waals surface area contributed by atoms with Gasteiger partial charge in [0.25, 0.3) is 5.91 Å². The number of nitrogens with one attached hydrogen (secondary N) is 1. The Bertz CT molecular complexity index is 1070. The highest BCUT2D eigenvalue weighted by molar-refractivity contribution is 7.89. The summed E-state index contributed by atoms with van der Waals surface area (Å²) in [6, 6.07) is 11.0. The predicted molar refractivity (Wildman–Crippen MR) is 126 cm³/mol. The molecule has 32 heavy (non-hydrogen) atoms. The summed E-state index contributed by atoms with van der Waals surface area (Å²) in [6.07, 6.45) is -1.10. The number of hydrogen-bond acceptors (Lipinski definition) is 6. The van der Waals surface area contributed by atoms with Crippen molar-refractivity contribution in [1.29, 1.82) is 0 Å². The molecular formula is C22H28ClN3O5S. The SMILES string of the molecule is CCN(CC)S(=O)(=O)c1cc(C(=O)OC(C)C(=O)Nc2ccc(N(C)C)cc2)ccc1Cl. The van der Waals surface area contributed by atoms with Crippen LogP contribution in [0.5, 0.6) is 0 Å². The molecule has 0 aliphatic carbocycles. The summed E-state index contributed by atoms with van der Waals surface area (Å²) in [4.78, 5) is 26.7. The van der Waals surface area contributed by atoms with E-state index in [1.165, 1.54) is 29.4 Å². The molecule has 1 amide bonds. The summed E-state index contributed by atoms with van der Waals surface area (Å²) < 4.78 is 32.1. The van der Waals surface area contributed by atoms with E-state index in [1.807, 2.05) is 31.1 Å². The van der Waals surface area contributed by atoms with Crippen molar-refractivity contribution in [3.63, 3.8) is 0 Å². The van der Waals surface area contributed by atoms with Crippen molar-refractivity contribution in [2.24, 2.45) is 0 Å². The van der Waals surface area contributed by atoms with Gasteiger partial charge in [-0.2, -0.15) is 4.31 Å². The minimum absolute atomic E-state index is 0.000382. The molecule has 0 bridgehead atoms. The maximum absolute atomic E-state index is 12.8. The fraction of sp³-hybridized carbons (Fsp3) is 0.364. The van der Waals surface area contributed by atoms with Crippen molar-refractivity contribution in [2.45, 2.75) is 31.8 Å². The topological polar surface area (TPSA) is 96.0 Å². The van der Waals surface area contributed by atoms with Gasteiger partial charge in [0, 0.05) is 38.6 Å². The minimum Gasteiger partial charge on any atom is -0.449 e. The highest BCUT2D eigenvalue weighted by Gasteiger charge is 2.27. The van der Waals surface area contributed by atoms with Gasteiger partial charge in [-0.3, -0.25) is 4.79 Å². The number of nitrogens with zero attached hydrogens (tertiary/aromatic N) is 2. The van der Waals surface area contributed by atoms with Crippen LogP contribution in [0.15, 0.2) is 47.4 Å². The first-order valence-corrected chi connectivity index (χ1v) is 11.9. The van der Waals surface area contributed by atoms with Crippen LogP contribution in [-0.4, -0.2) is 57.9 Å². The Kier molecular flexibility index (Phi) is 8.65. The number of rotatable bonds is 9. The molecule has 2 rings (SSSR count). The molecule has 2 aromatic carbocycles. The molecule has 0 heterocycles. The van der Waals surface area contributed by atoms with Crippen LogP contribution in [0, 0.1) is 0 Å². The average molecular weight is 482 g/mol. The van der Waals surface area contributed by atoms with E-state index in [9.17, 15) is 18.0 Å². The largest absolute Gasteiger partial charge is 0.449 e. The lowest BCUT2D eigenvalue weighted by Crippen LogP contribution is -2.31. The summed E-state index contributed by atoms with van der Waals surface area (Å²) in [5.41, 5.74) is 1.51. The summed E-state index contributed by atoms with van der Waals surface area (Å²) >= 11 is 6.10. The number of carbonyl (C=O) groups excluding carboxylic acids is 2. The van der Waals surface area contributed by atoms with Crippen molar-refractivity contribution in [3.05, 3.63) is 53.1 Å². The lowest BCUT2D eigenvalue weighted by molar-refractivity contribution is -0.123. The zero-order valence-electron chi connectivity index (χ0n) is 18.8. The van der Waals surface area contributed by atoms with E-state index in [-0.39, 0.29) is 28.6 Å². The third kappa shape index (κ3) is 5.99. The van der Waals surface area contributed by atoms with Gasteiger partial charge < -0.3 is 15.0 Å². The third-order valence-electron chi connectivity index (χ3n) is 4.79. The van der Waals surface area contributed by atoms with Gasteiger partial charge in [-0.05, 0) is 49.4 Å². The zero-order chi connectivity index (χ0) is 24.1. The van der Waals surface area contributed by atoms with E-state index >= 15 is 0 Å². The van der Waals surface area contributed by atoms with Crippen molar-refractivity contribution in [2.75, 3.05) is 37.4 Å². The van der Waals surface area contributed by atoms with E-state index < -0.39 is 28.0 Å². The van der Waals surface area contributed by atoms with Crippen LogP contribution in [0.25, 0.3) is 0 Å². The Balaban J connectivity index is 2.13. The van der Waals surface area contributed by atoms with Gasteiger partial charge >= 0.3 is 5.97 Å². The van der Waals surface area contributed by atoms with Gasteiger partial charge in [0.1, 0.15) is 4.90 Å². The molecule has 1 N–H and O–H groups in total. The standard InChI is InChI=1S/C22H28ClN3O5S/c1-6-26(7-2)32(29,30)20-14-16(8-13-19(20)23)22(28)31-15(3)21(27)24-17-9-11-18(12-10-17)25(4)5/h8-15H,6-7H2,1-5H3,(H,24,27). The number of halogens is 1. The fourth-order valence-electron chi connectivity index (χ4n) is 2.90. The van der Waals surface area contributed by atoms with E-state index in [4.69, 9.17) is 16.3 Å². The smallest absolute Gasteiger partial charge is 0.338 e. The maximum atomic E-state index is 12.8. The molecule has 2 aromatic rings. The number of carbonyl (C=O) groups is 2. The fourth-order valence-corrected chi connectivity index (χ4v) is 4.86. The quantitative estimate of drug-likeness (QED) is 0.549. The maximum Gasteiger partial charge on any atom is 0.338 e. The van der Waals surface area contributed by atoms with Gasteiger partial charge in [-0.15, -0.1) is 0 Å². The van der Waals surface area contributed by atoms with Crippen LogP contribution in [0.2, 0.25) is 5.02 Å². The minimum atomic E-state index is -3.87. The summed E-state index contributed by atoms with van der Waals surface area (Å²) in [5.74, 6) is -1.34. The van der Waals surface area contributed by atoms with Gasteiger partial charge in [-0.25, -0.2) is 13.2 Å². The average Bonchev–Trinajstić information content (AvgIpc) is 2.74. The Morgan fingerprint density at radius 3 is 2.19 bits per heavy atom. The Morgan fingerprint density at radius 2 is 1.66 bits per heavy atom. The molecule has 0 fully saturated rings. The van der Waals surface area contributed by atoms with Crippen LogP contribution < -0.4 is 10.2 Å². The number of esters is 1. The Morgan fingerprint density at radius 1 is 1.06 bits per heavy atom. The van der Waals surface area contributed by atoms with Crippen LogP contribution in [-0.2, 0) is 19.6 Å². The second kappa shape index (κ2) is 10.8. The highest BCUT2D eigenvalue weighted by atomic mass is 35.5. The Labute approximate surface area is 194 Å². The summed E-state index contributed by atoms with van der Waals surface area (Å²) in [5, 5.41) is 2.68.